The molecule has 6 heteroatoms. The summed E-state index contributed by atoms with van der Waals surface area (Å²) < 4.78 is 10.6. The zero-order valence-electron chi connectivity index (χ0n) is 16.0. The molecule has 1 aliphatic heterocycles. The maximum Gasteiger partial charge on any atom is 0.342 e. The summed E-state index contributed by atoms with van der Waals surface area (Å²) in [7, 11) is 1.50. The lowest BCUT2D eigenvalue weighted by atomic mass is 10.1. The number of esters is 1. The molecule has 0 aromatic heterocycles. The first-order chi connectivity index (χ1) is 14.2. The van der Waals surface area contributed by atoms with Crippen LogP contribution in [0.25, 0.3) is 10.8 Å². The lowest BCUT2D eigenvalue weighted by molar-refractivity contribution is -0.134. The summed E-state index contributed by atoms with van der Waals surface area (Å²) >= 11 is 0. The van der Waals surface area contributed by atoms with Crippen LogP contribution in [0.4, 0.5) is 0 Å². The molecule has 3 aromatic rings. The van der Waals surface area contributed by atoms with Gasteiger partial charge in [0.2, 0.25) is 0 Å². The Morgan fingerprint density at radius 3 is 2.41 bits per heavy atom. The number of hydrogen-bond donors (Lipinski definition) is 0. The van der Waals surface area contributed by atoms with Crippen LogP contribution in [-0.4, -0.2) is 42.9 Å². The van der Waals surface area contributed by atoms with Gasteiger partial charge in [0, 0.05) is 6.42 Å². The molecule has 0 fully saturated rings. The van der Waals surface area contributed by atoms with Crippen LogP contribution in [-0.2, 0) is 9.53 Å². The van der Waals surface area contributed by atoms with Crippen molar-refractivity contribution < 1.29 is 19.1 Å². The molecule has 0 atom stereocenters. The molecule has 0 aliphatic carbocycles. The van der Waals surface area contributed by atoms with Gasteiger partial charge in [-0.2, -0.15) is 5.10 Å². The summed E-state index contributed by atoms with van der Waals surface area (Å²) in [6.07, 6.45) is 0.669. The first kappa shape index (κ1) is 18.7. The van der Waals surface area contributed by atoms with Gasteiger partial charge < -0.3 is 9.47 Å². The molecule has 0 saturated carbocycles. The Balaban J connectivity index is 1.44. The van der Waals surface area contributed by atoms with Crippen LogP contribution < -0.4 is 4.74 Å². The Bertz CT molecular complexity index is 1090. The number of fused-ring (bicyclic) bond motifs is 1. The quantitative estimate of drug-likeness (QED) is 0.626. The minimum Gasteiger partial charge on any atom is -0.496 e. The van der Waals surface area contributed by atoms with Gasteiger partial charge >= 0.3 is 5.97 Å². The maximum absolute atomic E-state index is 12.6. The average Bonchev–Trinajstić information content (AvgIpc) is 3.27. The van der Waals surface area contributed by atoms with E-state index in [0.29, 0.717) is 18.7 Å². The largest absolute Gasteiger partial charge is 0.496 e. The molecule has 0 N–H and O–H groups in total. The normalized spacial score (nSPS) is 13.3. The average molecular weight is 388 g/mol. The third kappa shape index (κ3) is 3.96. The predicted molar refractivity (Wildman–Crippen MR) is 110 cm³/mol. The standard InChI is InChI=1S/C23H20N2O4/c1-28-21-14-18-10-6-5-9-17(18)13-19(21)23(27)29-15-22(26)25-12-11-20(24-25)16-7-3-2-4-8-16/h2-10,13-14H,11-12,15H2,1H3. The number of hydrazone groups is 1. The molecule has 4 rings (SSSR count). The van der Waals surface area contributed by atoms with E-state index in [1.54, 1.807) is 12.1 Å². The van der Waals surface area contributed by atoms with Gasteiger partial charge in [-0.25, -0.2) is 9.80 Å². The third-order valence-corrected chi connectivity index (χ3v) is 4.81. The van der Waals surface area contributed by atoms with Crippen LogP contribution in [0, 0.1) is 0 Å². The van der Waals surface area contributed by atoms with E-state index in [4.69, 9.17) is 9.47 Å². The second kappa shape index (κ2) is 8.14. The molecule has 1 aliphatic rings. The highest BCUT2D eigenvalue weighted by atomic mass is 16.5. The molecule has 3 aromatic carbocycles. The first-order valence-corrected chi connectivity index (χ1v) is 9.33. The summed E-state index contributed by atoms with van der Waals surface area (Å²) in [6.45, 7) is 0.0975. The van der Waals surface area contributed by atoms with Crippen molar-refractivity contribution in [2.24, 2.45) is 5.10 Å². The summed E-state index contributed by atoms with van der Waals surface area (Å²) in [4.78, 5) is 25.0. The molecule has 0 spiro atoms. The summed E-state index contributed by atoms with van der Waals surface area (Å²) in [5, 5.41) is 7.57. The van der Waals surface area contributed by atoms with Crippen LogP contribution >= 0.6 is 0 Å². The van der Waals surface area contributed by atoms with Gasteiger partial charge in [0.25, 0.3) is 5.91 Å². The Hall–Kier alpha value is -3.67. The number of hydrogen-bond acceptors (Lipinski definition) is 5. The van der Waals surface area contributed by atoms with Crippen molar-refractivity contribution in [2.45, 2.75) is 6.42 Å². The number of benzene rings is 3. The van der Waals surface area contributed by atoms with Crippen molar-refractivity contribution in [2.75, 3.05) is 20.3 Å². The van der Waals surface area contributed by atoms with Gasteiger partial charge in [0.1, 0.15) is 11.3 Å². The van der Waals surface area contributed by atoms with Gasteiger partial charge in [-0.15, -0.1) is 0 Å². The van der Waals surface area contributed by atoms with Crippen molar-refractivity contribution in [3.05, 3.63) is 77.9 Å². The second-order valence-corrected chi connectivity index (χ2v) is 6.66. The number of amides is 1. The number of carbonyl (C=O) groups is 2. The molecule has 1 amide bonds. The van der Waals surface area contributed by atoms with Crippen molar-refractivity contribution >= 4 is 28.4 Å². The lowest BCUT2D eigenvalue weighted by Gasteiger charge is -2.13. The Labute approximate surface area is 168 Å². The van der Waals surface area contributed by atoms with Gasteiger partial charge in [0.15, 0.2) is 6.61 Å². The van der Waals surface area contributed by atoms with Crippen LogP contribution in [0.2, 0.25) is 0 Å². The fourth-order valence-electron chi connectivity index (χ4n) is 3.30. The Morgan fingerprint density at radius 1 is 1.00 bits per heavy atom. The van der Waals surface area contributed by atoms with Gasteiger partial charge in [-0.05, 0) is 28.5 Å². The smallest absolute Gasteiger partial charge is 0.342 e. The fourth-order valence-corrected chi connectivity index (χ4v) is 3.30. The predicted octanol–water partition coefficient (Wildman–Crippen LogP) is 3.64. The van der Waals surface area contributed by atoms with E-state index in [-0.39, 0.29) is 18.1 Å². The van der Waals surface area contributed by atoms with E-state index in [1.807, 2.05) is 54.6 Å². The molecular formula is C23H20N2O4. The minimum atomic E-state index is -0.604. The van der Waals surface area contributed by atoms with Crippen molar-refractivity contribution in [1.82, 2.24) is 5.01 Å². The van der Waals surface area contributed by atoms with Crippen LogP contribution in [0.1, 0.15) is 22.3 Å². The van der Waals surface area contributed by atoms with E-state index >= 15 is 0 Å². The SMILES string of the molecule is COc1cc2ccccc2cc1C(=O)OCC(=O)N1CCC(c2ccccc2)=N1. The number of rotatable bonds is 5. The van der Waals surface area contributed by atoms with Gasteiger partial charge in [-0.3, -0.25) is 4.79 Å². The molecule has 146 valence electrons. The van der Waals surface area contributed by atoms with Crippen LogP contribution in [0.5, 0.6) is 5.75 Å². The second-order valence-electron chi connectivity index (χ2n) is 6.66. The molecule has 6 nitrogen and oxygen atoms in total. The highest BCUT2D eigenvalue weighted by molar-refractivity contribution is 6.03. The topological polar surface area (TPSA) is 68.2 Å². The summed E-state index contributed by atoms with van der Waals surface area (Å²) in [6, 6.07) is 20.9. The van der Waals surface area contributed by atoms with Crippen molar-refractivity contribution in [1.29, 1.82) is 0 Å². The number of methoxy groups -OCH3 is 1. The third-order valence-electron chi connectivity index (χ3n) is 4.81. The molecule has 0 unspecified atom stereocenters. The highest BCUT2D eigenvalue weighted by Gasteiger charge is 2.23. The minimum absolute atomic E-state index is 0.286. The Morgan fingerprint density at radius 2 is 1.69 bits per heavy atom. The Kier molecular flexibility index (Phi) is 5.24. The van der Waals surface area contributed by atoms with E-state index in [2.05, 4.69) is 5.10 Å². The van der Waals surface area contributed by atoms with Gasteiger partial charge in [-0.1, -0.05) is 54.6 Å². The van der Waals surface area contributed by atoms with E-state index in [0.717, 1.165) is 22.0 Å². The lowest BCUT2D eigenvalue weighted by Crippen LogP contribution is -2.28. The zero-order valence-corrected chi connectivity index (χ0v) is 16.0. The summed E-state index contributed by atoms with van der Waals surface area (Å²) in [5.41, 5.74) is 2.12. The first-order valence-electron chi connectivity index (χ1n) is 9.33. The van der Waals surface area contributed by atoms with E-state index < -0.39 is 5.97 Å². The van der Waals surface area contributed by atoms with E-state index in [9.17, 15) is 9.59 Å². The molecule has 0 bridgehead atoms. The number of carbonyl (C=O) groups excluding carboxylic acids is 2. The van der Waals surface area contributed by atoms with E-state index in [1.165, 1.54) is 12.1 Å². The van der Waals surface area contributed by atoms with Crippen molar-refractivity contribution in [3.63, 3.8) is 0 Å². The fraction of sp³-hybridized carbons (Fsp3) is 0.174. The van der Waals surface area contributed by atoms with Crippen LogP contribution in [0.3, 0.4) is 0 Å². The molecule has 1 heterocycles. The zero-order chi connectivity index (χ0) is 20.2. The highest BCUT2D eigenvalue weighted by Crippen LogP contribution is 2.26. The van der Waals surface area contributed by atoms with Gasteiger partial charge in [0.05, 0.1) is 19.4 Å². The number of nitrogens with zero attached hydrogens (tertiary/aromatic N) is 2. The monoisotopic (exact) mass is 388 g/mol. The van der Waals surface area contributed by atoms with Crippen molar-refractivity contribution in [3.8, 4) is 5.75 Å². The summed E-state index contributed by atoms with van der Waals surface area (Å²) in [5.74, 6) is -0.553. The molecule has 0 radical (unpaired) electrons. The maximum atomic E-state index is 12.6. The number of ether oxygens (including phenoxy) is 2. The molecule has 0 saturated heterocycles. The molecule has 29 heavy (non-hydrogen) atoms. The molecular weight excluding hydrogens is 368 g/mol. The van der Waals surface area contributed by atoms with Crippen LogP contribution in [0.15, 0.2) is 71.8 Å².